The van der Waals surface area contributed by atoms with Gasteiger partial charge in [0.05, 0.1) is 11.4 Å². The molecule has 1 heterocycles. The molecule has 0 saturated heterocycles. The van der Waals surface area contributed by atoms with Gasteiger partial charge in [-0.3, -0.25) is 0 Å². The quantitative estimate of drug-likeness (QED) is 0.774. The lowest BCUT2D eigenvalue weighted by molar-refractivity contribution is 0.337. The maximum absolute atomic E-state index is 13.0. The standard InChI is InChI=1S/C18H25FN4O2S/c1-2-26(24,25)20-13-14-3-7-16(8-4-14)21-18-11-12-23(22-18)17-9-5-15(19)6-10-17/h5-6,9-12,14,16,20H,2-4,7-8,13H2,1H3,(H,21,22)/t14-,16-. The molecule has 0 atom stereocenters. The maximum Gasteiger partial charge on any atom is 0.211 e. The van der Waals surface area contributed by atoms with Crippen molar-refractivity contribution in [2.24, 2.45) is 5.92 Å². The molecule has 2 N–H and O–H groups in total. The van der Waals surface area contributed by atoms with Gasteiger partial charge < -0.3 is 5.32 Å². The molecule has 3 rings (SSSR count). The van der Waals surface area contributed by atoms with Crippen molar-refractivity contribution in [1.82, 2.24) is 14.5 Å². The molecular formula is C18H25FN4O2S. The molecule has 8 heteroatoms. The largest absolute Gasteiger partial charge is 0.366 e. The van der Waals surface area contributed by atoms with E-state index >= 15 is 0 Å². The van der Waals surface area contributed by atoms with E-state index in [1.54, 1.807) is 23.7 Å². The predicted molar refractivity (Wildman–Crippen MR) is 100 cm³/mol. The van der Waals surface area contributed by atoms with Gasteiger partial charge in [0.25, 0.3) is 0 Å². The highest BCUT2D eigenvalue weighted by Gasteiger charge is 2.22. The van der Waals surface area contributed by atoms with E-state index in [1.165, 1.54) is 12.1 Å². The first-order valence-corrected chi connectivity index (χ1v) is 10.7. The molecule has 142 valence electrons. The van der Waals surface area contributed by atoms with E-state index in [4.69, 9.17) is 0 Å². The number of halogens is 1. The zero-order valence-corrected chi connectivity index (χ0v) is 15.7. The second-order valence-electron chi connectivity index (χ2n) is 6.74. The van der Waals surface area contributed by atoms with E-state index in [0.29, 0.717) is 18.5 Å². The van der Waals surface area contributed by atoms with Gasteiger partial charge in [-0.15, -0.1) is 0 Å². The van der Waals surface area contributed by atoms with Crippen LogP contribution in [0.5, 0.6) is 0 Å². The molecule has 0 amide bonds. The van der Waals surface area contributed by atoms with Crippen molar-refractivity contribution in [2.75, 3.05) is 17.6 Å². The van der Waals surface area contributed by atoms with E-state index in [2.05, 4.69) is 15.1 Å². The Labute approximate surface area is 153 Å². The summed E-state index contributed by atoms with van der Waals surface area (Å²) < 4.78 is 40.5. The van der Waals surface area contributed by atoms with Gasteiger partial charge in [-0.1, -0.05) is 0 Å². The zero-order valence-electron chi connectivity index (χ0n) is 14.9. The summed E-state index contributed by atoms with van der Waals surface area (Å²) in [5.41, 5.74) is 0.811. The summed E-state index contributed by atoms with van der Waals surface area (Å²) >= 11 is 0. The van der Waals surface area contributed by atoms with Crippen molar-refractivity contribution in [3.8, 4) is 5.69 Å². The number of anilines is 1. The molecule has 1 aliphatic carbocycles. The Balaban J connectivity index is 1.48. The number of hydrogen-bond acceptors (Lipinski definition) is 4. The number of aromatic nitrogens is 2. The Kier molecular flexibility index (Phi) is 5.93. The summed E-state index contributed by atoms with van der Waals surface area (Å²) in [6, 6.07) is 8.45. The van der Waals surface area contributed by atoms with Crippen molar-refractivity contribution < 1.29 is 12.8 Å². The van der Waals surface area contributed by atoms with Crippen LogP contribution in [0.1, 0.15) is 32.6 Å². The summed E-state index contributed by atoms with van der Waals surface area (Å²) in [5, 5.41) is 7.94. The van der Waals surface area contributed by atoms with Crippen LogP contribution in [-0.4, -0.2) is 36.5 Å². The average Bonchev–Trinajstić information content (AvgIpc) is 3.10. The fourth-order valence-electron chi connectivity index (χ4n) is 3.21. The van der Waals surface area contributed by atoms with E-state index in [1.807, 2.05) is 12.3 Å². The molecule has 1 saturated carbocycles. The van der Waals surface area contributed by atoms with Crippen LogP contribution in [-0.2, 0) is 10.0 Å². The van der Waals surface area contributed by atoms with Crippen molar-refractivity contribution in [2.45, 2.75) is 38.6 Å². The first-order valence-electron chi connectivity index (χ1n) is 9.00. The molecule has 6 nitrogen and oxygen atoms in total. The van der Waals surface area contributed by atoms with Gasteiger partial charge in [0, 0.05) is 24.8 Å². The van der Waals surface area contributed by atoms with Gasteiger partial charge in [-0.05, 0) is 62.8 Å². The van der Waals surface area contributed by atoms with E-state index in [-0.39, 0.29) is 11.6 Å². The van der Waals surface area contributed by atoms with Crippen LogP contribution in [0, 0.1) is 11.7 Å². The second-order valence-corrected chi connectivity index (χ2v) is 8.83. The highest BCUT2D eigenvalue weighted by Crippen LogP contribution is 2.26. The van der Waals surface area contributed by atoms with Crippen molar-refractivity contribution >= 4 is 15.8 Å². The van der Waals surface area contributed by atoms with Crippen molar-refractivity contribution in [1.29, 1.82) is 0 Å². The predicted octanol–water partition coefficient (Wildman–Crippen LogP) is 2.92. The van der Waals surface area contributed by atoms with Gasteiger partial charge >= 0.3 is 0 Å². The summed E-state index contributed by atoms with van der Waals surface area (Å²) in [4.78, 5) is 0. The number of nitrogens with one attached hydrogen (secondary N) is 2. The van der Waals surface area contributed by atoms with Gasteiger partial charge in [0.1, 0.15) is 11.6 Å². The Bertz CT molecular complexity index is 812. The Morgan fingerprint density at radius 2 is 1.85 bits per heavy atom. The molecule has 1 fully saturated rings. The number of benzene rings is 1. The third-order valence-electron chi connectivity index (χ3n) is 4.85. The van der Waals surface area contributed by atoms with Gasteiger partial charge in [0.2, 0.25) is 10.0 Å². The smallest absolute Gasteiger partial charge is 0.211 e. The van der Waals surface area contributed by atoms with E-state index in [9.17, 15) is 12.8 Å². The fourth-order valence-corrected chi connectivity index (χ4v) is 3.90. The lowest BCUT2D eigenvalue weighted by Crippen LogP contribution is -2.34. The lowest BCUT2D eigenvalue weighted by Gasteiger charge is -2.29. The summed E-state index contributed by atoms with van der Waals surface area (Å²) in [6.07, 6.45) is 5.80. The molecule has 0 aliphatic heterocycles. The summed E-state index contributed by atoms with van der Waals surface area (Å²) in [5.74, 6) is 1.05. The molecular weight excluding hydrogens is 355 g/mol. The van der Waals surface area contributed by atoms with Gasteiger partial charge in [0.15, 0.2) is 0 Å². The normalized spacial score (nSPS) is 20.8. The van der Waals surface area contributed by atoms with Crippen LogP contribution in [0.4, 0.5) is 10.2 Å². The van der Waals surface area contributed by atoms with Crippen LogP contribution in [0.3, 0.4) is 0 Å². The Hall–Kier alpha value is -1.93. The first-order chi connectivity index (χ1) is 12.4. The van der Waals surface area contributed by atoms with Gasteiger partial charge in [-0.2, -0.15) is 5.10 Å². The van der Waals surface area contributed by atoms with Gasteiger partial charge in [-0.25, -0.2) is 22.2 Å². The Morgan fingerprint density at radius 3 is 2.50 bits per heavy atom. The average molecular weight is 380 g/mol. The van der Waals surface area contributed by atoms with Crippen LogP contribution in [0.2, 0.25) is 0 Å². The highest BCUT2D eigenvalue weighted by molar-refractivity contribution is 7.89. The summed E-state index contributed by atoms with van der Waals surface area (Å²) in [7, 11) is -3.11. The molecule has 1 aromatic carbocycles. The van der Waals surface area contributed by atoms with Crippen LogP contribution in [0.25, 0.3) is 5.69 Å². The molecule has 0 radical (unpaired) electrons. The van der Waals surface area contributed by atoms with Crippen LogP contribution in [0.15, 0.2) is 36.5 Å². The number of rotatable bonds is 7. The number of nitrogens with zero attached hydrogens (tertiary/aromatic N) is 2. The second kappa shape index (κ2) is 8.18. The topological polar surface area (TPSA) is 76.0 Å². The molecule has 2 aromatic rings. The summed E-state index contributed by atoms with van der Waals surface area (Å²) in [6.45, 7) is 2.18. The van der Waals surface area contributed by atoms with Crippen molar-refractivity contribution in [3.63, 3.8) is 0 Å². The third kappa shape index (κ3) is 5.04. The lowest BCUT2D eigenvalue weighted by atomic mass is 9.86. The van der Waals surface area contributed by atoms with Crippen molar-refractivity contribution in [3.05, 3.63) is 42.3 Å². The number of sulfonamides is 1. The molecule has 1 aliphatic rings. The first kappa shape index (κ1) is 18.8. The zero-order chi connectivity index (χ0) is 18.6. The molecule has 0 unspecified atom stereocenters. The SMILES string of the molecule is CCS(=O)(=O)NC[C@H]1CC[C@H](Nc2ccn(-c3ccc(F)cc3)n2)CC1. The maximum atomic E-state index is 13.0. The van der Waals surface area contributed by atoms with Crippen LogP contribution >= 0.6 is 0 Å². The minimum absolute atomic E-state index is 0.126. The molecule has 0 spiro atoms. The minimum Gasteiger partial charge on any atom is -0.366 e. The van der Waals surface area contributed by atoms with Crippen LogP contribution < -0.4 is 10.0 Å². The number of hydrogen-bond donors (Lipinski definition) is 2. The molecule has 1 aromatic heterocycles. The Morgan fingerprint density at radius 1 is 1.15 bits per heavy atom. The van der Waals surface area contributed by atoms with E-state index < -0.39 is 10.0 Å². The third-order valence-corrected chi connectivity index (χ3v) is 6.22. The molecule has 26 heavy (non-hydrogen) atoms. The highest BCUT2D eigenvalue weighted by atomic mass is 32.2. The molecule has 0 bridgehead atoms. The monoisotopic (exact) mass is 380 g/mol. The fraction of sp³-hybridized carbons (Fsp3) is 0.500. The van der Waals surface area contributed by atoms with E-state index in [0.717, 1.165) is 37.2 Å². The minimum atomic E-state index is -3.11.